The van der Waals surface area contributed by atoms with Gasteiger partial charge >= 0.3 is 0 Å². The van der Waals surface area contributed by atoms with E-state index in [1.807, 2.05) is 19.1 Å². The lowest BCUT2D eigenvalue weighted by Crippen LogP contribution is -2.12. The number of nitrogens with zero attached hydrogens (tertiary/aromatic N) is 1. The van der Waals surface area contributed by atoms with Crippen molar-refractivity contribution in [3.05, 3.63) is 54.4 Å². The zero-order valence-corrected chi connectivity index (χ0v) is 11.5. The SMILES string of the molecule is Cc1ccc(NS(=O)(=O)c2ccc3ncoc3c2)cc1. The molecule has 0 bridgehead atoms. The summed E-state index contributed by atoms with van der Waals surface area (Å²) in [6, 6.07) is 11.7. The van der Waals surface area contributed by atoms with Gasteiger partial charge in [0, 0.05) is 11.8 Å². The monoisotopic (exact) mass is 288 g/mol. The van der Waals surface area contributed by atoms with Crippen LogP contribution in [0.15, 0.2) is 58.2 Å². The van der Waals surface area contributed by atoms with Crippen LogP contribution in [0.4, 0.5) is 5.69 Å². The van der Waals surface area contributed by atoms with Gasteiger partial charge in [-0.25, -0.2) is 13.4 Å². The summed E-state index contributed by atoms with van der Waals surface area (Å²) in [5.74, 6) is 0. The summed E-state index contributed by atoms with van der Waals surface area (Å²) < 4.78 is 32.2. The van der Waals surface area contributed by atoms with Gasteiger partial charge in [-0.15, -0.1) is 0 Å². The molecule has 102 valence electrons. The molecular formula is C14H12N2O3S. The second-order valence-corrected chi connectivity index (χ2v) is 6.14. The number of nitrogens with one attached hydrogen (secondary N) is 1. The van der Waals surface area contributed by atoms with E-state index in [-0.39, 0.29) is 4.90 Å². The van der Waals surface area contributed by atoms with E-state index in [1.54, 1.807) is 18.2 Å². The van der Waals surface area contributed by atoms with Crippen molar-refractivity contribution in [3.8, 4) is 0 Å². The first-order valence-electron chi connectivity index (χ1n) is 5.97. The maximum absolute atomic E-state index is 12.3. The number of oxazole rings is 1. The van der Waals surface area contributed by atoms with Crippen LogP contribution in [0.3, 0.4) is 0 Å². The van der Waals surface area contributed by atoms with E-state index in [4.69, 9.17) is 4.42 Å². The molecule has 0 aliphatic carbocycles. The quantitative estimate of drug-likeness (QED) is 0.804. The summed E-state index contributed by atoms with van der Waals surface area (Å²) in [7, 11) is -3.63. The first-order chi connectivity index (χ1) is 9.54. The maximum Gasteiger partial charge on any atom is 0.262 e. The average molecular weight is 288 g/mol. The number of hydrogen-bond acceptors (Lipinski definition) is 4. The molecule has 6 heteroatoms. The fourth-order valence-electron chi connectivity index (χ4n) is 1.84. The van der Waals surface area contributed by atoms with Gasteiger partial charge in [0.1, 0.15) is 5.52 Å². The molecule has 1 N–H and O–H groups in total. The smallest absolute Gasteiger partial charge is 0.262 e. The van der Waals surface area contributed by atoms with Crippen molar-refractivity contribution in [1.82, 2.24) is 4.98 Å². The number of aryl methyl sites for hydroxylation is 1. The van der Waals surface area contributed by atoms with Gasteiger partial charge in [-0.2, -0.15) is 0 Å². The number of rotatable bonds is 3. The van der Waals surface area contributed by atoms with E-state index in [1.165, 1.54) is 18.5 Å². The third kappa shape index (κ3) is 2.37. The third-order valence-electron chi connectivity index (χ3n) is 2.92. The van der Waals surface area contributed by atoms with Gasteiger partial charge in [0.2, 0.25) is 0 Å². The Hall–Kier alpha value is -2.34. The number of sulfonamides is 1. The van der Waals surface area contributed by atoms with Crippen molar-refractivity contribution in [2.45, 2.75) is 11.8 Å². The minimum Gasteiger partial charge on any atom is -0.443 e. The minimum atomic E-state index is -3.63. The molecule has 1 heterocycles. The van der Waals surface area contributed by atoms with Gasteiger partial charge in [-0.1, -0.05) is 17.7 Å². The summed E-state index contributed by atoms with van der Waals surface area (Å²) >= 11 is 0. The van der Waals surface area contributed by atoms with Crippen LogP contribution in [0, 0.1) is 6.92 Å². The minimum absolute atomic E-state index is 0.141. The van der Waals surface area contributed by atoms with Crippen LogP contribution < -0.4 is 4.72 Å². The highest BCUT2D eigenvalue weighted by atomic mass is 32.2. The molecule has 20 heavy (non-hydrogen) atoms. The summed E-state index contributed by atoms with van der Waals surface area (Å²) in [6.45, 7) is 1.94. The Morgan fingerprint density at radius 3 is 2.60 bits per heavy atom. The zero-order valence-electron chi connectivity index (χ0n) is 10.7. The van der Waals surface area contributed by atoms with Gasteiger partial charge in [0.15, 0.2) is 12.0 Å². The molecule has 0 spiro atoms. The Balaban J connectivity index is 1.96. The Labute approximate surface area is 116 Å². The predicted octanol–water partition coefficient (Wildman–Crippen LogP) is 2.94. The highest BCUT2D eigenvalue weighted by Gasteiger charge is 2.15. The van der Waals surface area contributed by atoms with Crippen molar-refractivity contribution in [2.24, 2.45) is 0 Å². The van der Waals surface area contributed by atoms with Crippen LogP contribution in [0.2, 0.25) is 0 Å². The standard InChI is InChI=1S/C14H12N2O3S/c1-10-2-4-11(5-3-10)16-20(17,18)12-6-7-13-14(8-12)19-9-15-13/h2-9,16H,1H3. The molecule has 0 saturated carbocycles. The van der Waals surface area contributed by atoms with Crippen LogP contribution >= 0.6 is 0 Å². The fraction of sp³-hybridized carbons (Fsp3) is 0.0714. The Morgan fingerprint density at radius 1 is 1.10 bits per heavy atom. The van der Waals surface area contributed by atoms with Crippen molar-refractivity contribution in [1.29, 1.82) is 0 Å². The highest BCUT2D eigenvalue weighted by molar-refractivity contribution is 7.92. The molecule has 3 rings (SSSR count). The fourth-order valence-corrected chi connectivity index (χ4v) is 2.91. The number of fused-ring (bicyclic) bond motifs is 1. The number of anilines is 1. The van der Waals surface area contributed by atoms with Gasteiger partial charge < -0.3 is 4.42 Å². The topological polar surface area (TPSA) is 72.2 Å². The Bertz CT molecular complexity index is 852. The van der Waals surface area contributed by atoms with E-state index in [0.29, 0.717) is 16.8 Å². The second kappa shape index (κ2) is 4.64. The van der Waals surface area contributed by atoms with E-state index < -0.39 is 10.0 Å². The lowest BCUT2D eigenvalue weighted by molar-refractivity contribution is 0.594. The molecule has 1 aromatic heterocycles. The highest BCUT2D eigenvalue weighted by Crippen LogP contribution is 2.20. The van der Waals surface area contributed by atoms with Crippen LogP contribution in [0.25, 0.3) is 11.1 Å². The molecule has 2 aromatic carbocycles. The van der Waals surface area contributed by atoms with Gasteiger partial charge in [0.25, 0.3) is 10.0 Å². The lowest BCUT2D eigenvalue weighted by Gasteiger charge is -2.08. The van der Waals surface area contributed by atoms with E-state index in [0.717, 1.165) is 5.56 Å². The van der Waals surface area contributed by atoms with Crippen LogP contribution in [0.5, 0.6) is 0 Å². The van der Waals surface area contributed by atoms with Crippen molar-refractivity contribution >= 4 is 26.8 Å². The summed E-state index contributed by atoms with van der Waals surface area (Å²) in [4.78, 5) is 4.09. The normalized spacial score (nSPS) is 11.7. The van der Waals surface area contributed by atoms with Gasteiger partial charge in [0.05, 0.1) is 4.90 Å². The first kappa shape index (κ1) is 12.7. The van der Waals surface area contributed by atoms with E-state index >= 15 is 0 Å². The Morgan fingerprint density at radius 2 is 1.85 bits per heavy atom. The largest absolute Gasteiger partial charge is 0.443 e. The average Bonchev–Trinajstić information content (AvgIpc) is 2.88. The molecule has 5 nitrogen and oxygen atoms in total. The summed E-state index contributed by atoms with van der Waals surface area (Å²) in [6.07, 6.45) is 1.29. The molecule has 0 fully saturated rings. The van der Waals surface area contributed by atoms with Gasteiger partial charge in [-0.05, 0) is 31.2 Å². The molecular weight excluding hydrogens is 276 g/mol. The summed E-state index contributed by atoms with van der Waals surface area (Å²) in [5, 5.41) is 0. The summed E-state index contributed by atoms with van der Waals surface area (Å²) in [5.41, 5.74) is 2.65. The molecule has 0 amide bonds. The van der Waals surface area contributed by atoms with Crippen LogP contribution in [-0.4, -0.2) is 13.4 Å². The third-order valence-corrected chi connectivity index (χ3v) is 4.30. The van der Waals surface area contributed by atoms with E-state index in [9.17, 15) is 8.42 Å². The second-order valence-electron chi connectivity index (χ2n) is 4.45. The number of hydrogen-bond donors (Lipinski definition) is 1. The molecule has 0 aliphatic heterocycles. The van der Waals surface area contributed by atoms with Crippen molar-refractivity contribution in [3.63, 3.8) is 0 Å². The molecule has 0 radical (unpaired) electrons. The van der Waals surface area contributed by atoms with Crippen molar-refractivity contribution < 1.29 is 12.8 Å². The molecule has 3 aromatic rings. The molecule has 0 unspecified atom stereocenters. The number of aromatic nitrogens is 1. The zero-order chi connectivity index (χ0) is 14.2. The maximum atomic E-state index is 12.3. The predicted molar refractivity (Wildman–Crippen MR) is 76.0 cm³/mol. The lowest BCUT2D eigenvalue weighted by atomic mass is 10.2. The van der Waals surface area contributed by atoms with Crippen LogP contribution in [0.1, 0.15) is 5.56 Å². The van der Waals surface area contributed by atoms with Crippen molar-refractivity contribution in [2.75, 3.05) is 4.72 Å². The first-order valence-corrected chi connectivity index (χ1v) is 7.46. The van der Waals surface area contributed by atoms with Gasteiger partial charge in [-0.3, -0.25) is 4.72 Å². The number of benzene rings is 2. The molecule has 0 atom stereocenters. The molecule has 0 saturated heterocycles. The Kier molecular flexibility index (Phi) is 2.94. The van der Waals surface area contributed by atoms with Crippen LogP contribution in [-0.2, 0) is 10.0 Å². The molecule has 0 aliphatic rings. The van der Waals surface area contributed by atoms with E-state index in [2.05, 4.69) is 9.71 Å².